The molecule has 168 valence electrons. The van der Waals surface area contributed by atoms with Gasteiger partial charge in [-0.15, -0.1) is 22.6 Å². The number of nitrogens with one attached hydrogen (secondary N) is 3. The number of hydrogen-bond acceptors (Lipinski definition) is 5. The van der Waals surface area contributed by atoms with Crippen molar-refractivity contribution in [2.45, 2.75) is 57.5 Å². The Morgan fingerprint density at radius 3 is 2.38 bits per heavy atom. The molecule has 0 radical (unpaired) electrons. The third kappa shape index (κ3) is 4.10. The molecule has 0 saturated carbocycles. The molecule has 32 heavy (non-hydrogen) atoms. The summed E-state index contributed by atoms with van der Waals surface area (Å²) in [5.74, 6) is 0.573. The Bertz CT molecular complexity index is 1230. The van der Waals surface area contributed by atoms with Crippen LogP contribution in [0.25, 0.3) is 33.4 Å². The molecule has 7 nitrogen and oxygen atoms in total. The van der Waals surface area contributed by atoms with E-state index in [4.69, 9.17) is 0 Å². The number of fused-ring (bicyclic) bond motifs is 1. The molecule has 8 heteroatoms. The highest BCUT2D eigenvalue weighted by Crippen LogP contribution is 2.41. The van der Waals surface area contributed by atoms with E-state index in [9.17, 15) is 5.11 Å². The van der Waals surface area contributed by atoms with Gasteiger partial charge < -0.3 is 15.4 Å². The predicted molar refractivity (Wildman–Crippen MR) is 129 cm³/mol. The maximum atomic E-state index is 10.6. The number of aromatic amines is 2. The Labute approximate surface area is 193 Å². The van der Waals surface area contributed by atoms with Gasteiger partial charge in [0.05, 0.1) is 17.4 Å². The van der Waals surface area contributed by atoms with Crippen LogP contribution >= 0.6 is 12.4 Å². The molecule has 0 amide bonds. The third-order valence-corrected chi connectivity index (χ3v) is 6.19. The molecule has 1 aromatic carbocycles. The molecule has 1 aliphatic rings. The van der Waals surface area contributed by atoms with Crippen LogP contribution in [-0.4, -0.2) is 41.6 Å². The highest BCUT2D eigenvalue weighted by atomic mass is 35.5. The highest BCUT2D eigenvalue weighted by molar-refractivity contribution is 5.85. The molecule has 4 N–H and O–H groups in total. The van der Waals surface area contributed by atoms with Gasteiger partial charge in [0, 0.05) is 40.2 Å². The fourth-order valence-corrected chi connectivity index (χ4v) is 5.26. The lowest BCUT2D eigenvalue weighted by atomic mass is 9.73. The minimum atomic E-state index is 0. The zero-order valence-corrected chi connectivity index (χ0v) is 19.5. The van der Waals surface area contributed by atoms with E-state index in [1.165, 1.54) is 5.56 Å². The molecule has 0 atom stereocenters. The van der Waals surface area contributed by atoms with Crippen LogP contribution in [0, 0.1) is 0 Å². The van der Waals surface area contributed by atoms with Crippen molar-refractivity contribution < 1.29 is 5.11 Å². The van der Waals surface area contributed by atoms with Crippen molar-refractivity contribution in [3.05, 3.63) is 48.4 Å². The van der Waals surface area contributed by atoms with Gasteiger partial charge in [-0.2, -0.15) is 5.10 Å². The summed E-state index contributed by atoms with van der Waals surface area (Å²) in [7, 11) is 0. The van der Waals surface area contributed by atoms with Gasteiger partial charge in [0.15, 0.2) is 0 Å². The minimum absolute atomic E-state index is 0. The first-order valence-electron chi connectivity index (χ1n) is 10.7. The zero-order chi connectivity index (χ0) is 21.8. The Morgan fingerprint density at radius 1 is 0.969 bits per heavy atom. The molecule has 0 aliphatic carbocycles. The summed E-state index contributed by atoms with van der Waals surface area (Å²) >= 11 is 0. The van der Waals surface area contributed by atoms with Crippen molar-refractivity contribution in [1.82, 2.24) is 30.7 Å². The Morgan fingerprint density at radius 2 is 1.72 bits per heavy atom. The number of halogens is 1. The normalized spacial score (nSPS) is 17.9. The molecule has 1 saturated heterocycles. The summed E-state index contributed by atoms with van der Waals surface area (Å²) in [5, 5.41) is 30.2. The maximum Gasteiger partial charge on any atom is 0.125 e. The molecular formula is C24H29ClN6O. The molecule has 1 aliphatic heterocycles. The summed E-state index contributed by atoms with van der Waals surface area (Å²) in [4.78, 5) is 3.39. The van der Waals surface area contributed by atoms with Gasteiger partial charge in [-0.25, -0.2) is 0 Å². The monoisotopic (exact) mass is 452 g/mol. The second-order valence-electron chi connectivity index (χ2n) is 9.95. The number of nitrogens with zero attached hydrogens (tertiary/aromatic N) is 3. The third-order valence-electron chi connectivity index (χ3n) is 6.19. The number of piperidine rings is 1. The molecule has 1 fully saturated rings. The number of phenolic OH excluding ortho intramolecular Hbond substituents is 1. The van der Waals surface area contributed by atoms with Gasteiger partial charge in [-0.3, -0.25) is 5.10 Å². The molecule has 3 aromatic heterocycles. The lowest BCUT2D eigenvalue weighted by Gasteiger charge is -2.46. The topological polar surface area (TPSA) is 103 Å². The van der Waals surface area contributed by atoms with E-state index in [1.807, 2.05) is 18.2 Å². The van der Waals surface area contributed by atoms with Crippen LogP contribution in [0.5, 0.6) is 5.75 Å². The van der Waals surface area contributed by atoms with E-state index in [-0.39, 0.29) is 29.2 Å². The summed E-state index contributed by atoms with van der Waals surface area (Å²) in [6, 6.07) is 7.52. The number of aromatic hydroxyl groups is 1. The molecular weight excluding hydrogens is 424 g/mol. The summed E-state index contributed by atoms with van der Waals surface area (Å²) in [5.41, 5.74) is 6.30. The largest absolute Gasteiger partial charge is 0.507 e. The van der Waals surface area contributed by atoms with Crippen molar-refractivity contribution >= 4 is 23.4 Å². The second kappa shape index (κ2) is 7.90. The van der Waals surface area contributed by atoms with Crippen LogP contribution in [0.3, 0.4) is 0 Å². The van der Waals surface area contributed by atoms with Crippen LogP contribution < -0.4 is 5.32 Å². The number of aromatic nitrogens is 5. The summed E-state index contributed by atoms with van der Waals surface area (Å²) in [6.07, 6.45) is 7.69. The van der Waals surface area contributed by atoms with Crippen molar-refractivity contribution in [1.29, 1.82) is 0 Å². The Balaban J connectivity index is 0.00000245. The van der Waals surface area contributed by atoms with E-state index < -0.39 is 0 Å². The first kappa shape index (κ1) is 22.3. The van der Waals surface area contributed by atoms with E-state index in [1.54, 1.807) is 18.5 Å². The second-order valence-corrected chi connectivity index (χ2v) is 9.95. The smallest absolute Gasteiger partial charge is 0.125 e. The number of hydrogen-bond donors (Lipinski definition) is 4. The average Bonchev–Trinajstić information content (AvgIpc) is 3.35. The van der Waals surface area contributed by atoms with Crippen LogP contribution in [0.15, 0.2) is 42.9 Å². The molecule has 4 heterocycles. The van der Waals surface area contributed by atoms with E-state index >= 15 is 0 Å². The first-order chi connectivity index (χ1) is 14.7. The number of rotatable bonds is 3. The summed E-state index contributed by atoms with van der Waals surface area (Å²) < 4.78 is 0. The van der Waals surface area contributed by atoms with Crippen LogP contribution in [0.1, 0.15) is 52.0 Å². The van der Waals surface area contributed by atoms with E-state index in [2.05, 4.69) is 64.6 Å². The van der Waals surface area contributed by atoms with Gasteiger partial charge in [0.1, 0.15) is 11.3 Å². The lowest BCUT2D eigenvalue weighted by Crippen LogP contribution is -2.57. The van der Waals surface area contributed by atoms with Crippen molar-refractivity contribution in [2.75, 3.05) is 0 Å². The van der Waals surface area contributed by atoms with Crippen LogP contribution in [0.2, 0.25) is 0 Å². The first-order valence-corrected chi connectivity index (χ1v) is 10.7. The fourth-order valence-electron chi connectivity index (χ4n) is 5.26. The lowest BCUT2D eigenvalue weighted by molar-refractivity contribution is 0.162. The SMILES string of the molecule is CC1(C)CC(c2c[nH]c3cc(-c4ccc(-c5cn[nH]c5)cc4O)nnc23)CC(C)(C)N1.Cl. The average molecular weight is 453 g/mol. The number of H-pyrrole nitrogens is 2. The van der Waals surface area contributed by atoms with Crippen LogP contribution in [0.4, 0.5) is 0 Å². The van der Waals surface area contributed by atoms with Gasteiger partial charge in [-0.05, 0) is 70.2 Å². The molecule has 0 unspecified atom stereocenters. The van der Waals surface area contributed by atoms with Crippen LogP contribution in [-0.2, 0) is 0 Å². The summed E-state index contributed by atoms with van der Waals surface area (Å²) in [6.45, 7) is 9.04. The van der Waals surface area contributed by atoms with Gasteiger partial charge >= 0.3 is 0 Å². The zero-order valence-electron chi connectivity index (χ0n) is 18.7. The molecule has 0 spiro atoms. The quantitative estimate of drug-likeness (QED) is 0.343. The molecule has 0 bridgehead atoms. The van der Waals surface area contributed by atoms with E-state index in [0.29, 0.717) is 17.2 Å². The molecule has 5 rings (SSSR count). The highest BCUT2D eigenvalue weighted by Gasteiger charge is 2.39. The van der Waals surface area contributed by atoms with Gasteiger partial charge in [-0.1, -0.05) is 6.07 Å². The maximum absolute atomic E-state index is 10.6. The Kier molecular flexibility index (Phi) is 5.51. The van der Waals surface area contributed by atoms with Gasteiger partial charge in [0.2, 0.25) is 0 Å². The van der Waals surface area contributed by atoms with Crippen molar-refractivity contribution in [2.24, 2.45) is 0 Å². The number of benzene rings is 1. The van der Waals surface area contributed by atoms with Crippen molar-refractivity contribution in [3.8, 4) is 28.1 Å². The predicted octanol–water partition coefficient (Wildman–Crippen LogP) is 5.17. The Hall–Kier alpha value is -2.90. The van der Waals surface area contributed by atoms with Crippen molar-refractivity contribution in [3.63, 3.8) is 0 Å². The minimum Gasteiger partial charge on any atom is -0.507 e. The van der Waals surface area contributed by atoms with Gasteiger partial charge in [0.25, 0.3) is 0 Å². The fraction of sp³-hybridized carbons (Fsp3) is 0.375. The standard InChI is InChI=1S/C24H28N6O.ClH/c1-23(2)9-15(10-24(3,4)30-23)18-13-25-20-8-19(28-29-22(18)20)17-6-5-14(7-21(17)31)16-11-26-27-12-16;/h5-8,11-13,15,25,30-31H,9-10H2,1-4H3,(H,26,27);1H. The number of phenols is 1. The van der Waals surface area contributed by atoms with E-state index in [0.717, 1.165) is 35.0 Å². The molecule has 4 aromatic rings.